The molecule has 0 radical (unpaired) electrons. The predicted octanol–water partition coefficient (Wildman–Crippen LogP) is 1.20. The van der Waals surface area contributed by atoms with Crippen molar-refractivity contribution >= 4 is 6.29 Å². The Kier molecular flexibility index (Phi) is 3.94. The van der Waals surface area contributed by atoms with Gasteiger partial charge in [0.15, 0.2) is 6.29 Å². The monoisotopic (exact) mass is 277 g/mol. The summed E-state index contributed by atoms with van der Waals surface area (Å²) in [7, 11) is 2.76. The van der Waals surface area contributed by atoms with E-state index in [-0.39, 0.29) is 35.1 Å². The first kappa shape index (κ1) is 13.5. The first-order chi connectivity index (χ1) is 9.67. The lowest BCUT2D eigenvalue weighted by molar-refractivity contribution is 0.111. The van der Waals surface area contributed by atoms with Crippen molar-refractivity contribution in [2.75, 3.05) is 14.2 Å². The number of aromatic hydroxyl groups is 1. The lowest BCUT2D eigenvalue weighted by Crippen LogP contribution is -2.02. The van der Waals surface area contributed by atoms with Gasteiger partial charge in [-0.1, -0.05) is 6.07 Å². The van der Waals surface area contributed by atoms with Crippen molar-refractivity contribution in [2.45, 2.75) is 0 Å². The molecule has 0 spiro atoms. The lowest BCUT2D eigenvalue weighted by atomic mass is 10.2. The Morgan fingerprint density at radius 2 is 1.65 bits per heavy atom. The van der Waals surface area contributed by atoms with E-state index in [1.165, 1.54) is 32.4 Å². The highest BCUT2D eigenvalue weighted by atomic mass is 16.5. The second kappa shape index (κ2) is 5.83. The molecule has 0 aliphatic carbocycles. The van der Waals surface area contributed by atoms with E-state index in [4.69, 9.17) is 14.2 Å². The fraction of sp³-hybridized carbons (Fsp3) is 0.167. The maximum atomic E-state index is 10.9. The second-order valence-corrected chi connectivity index (χ2v) is 3.50. The van der Waals surface area contributed by atoms with Crippen LogP contribution < -0.4 is 14.2 Å². The van der Waals surface area contributed by atoms with Gasteiger partial charge < -0.3 is 19.3 Å². The van der Waals surface area contributed by atoms with Crippen LogP contribution in [0.1, 0.15) is 10.4 Å². The van der Waals surface area contributed by atoms with E-state index in [0.717, 1.165) is 0 Å². The number of aldehydes is 1. The first-order valence-electron chi connectivity index (χ1n) is 5.47. The molecule has 0 saturated carbocycles. The van der Waals surface area contributed by atoms with E-state index in [0.29, 0.717) is 6.29 Å². The fourth-order valence-electron chi connectivity index (χ4n) is 1.39. The Hall–Kier alpha value is -2.90. The lowest BCUT2D eigenvalue weighted by Gasteiger charge is -2.08. The SMILES string of the molecule is COc1nc(OC)nc(Oc2cccc(O)c2C=O)n1. The molecule has 0 atom stereocenters. The average molecular weight is 277 g/mol. The molecular weight excluding hydrogens is 266 g/mol. The smallest absolute Gasteiger partial charge is 0.331 e. The largest absolute Gasteiger partial charge is 0.507 e. The minimum Gasteiger partial charge on any atom is -0.507 e. The summed E-state index contributed by atoms with van der Waals surface area (Å²) in [4.78, 5) is 22.5. The molecule has 0 saturated heterocycles. The minimum atomic E-state index is -0.203. The summed E-state index contributed by atoms with van der Waals surface area (Å²) in [6.07, 6.45) is 0.473. The molecule has 2 rings (SSSR count). The number of hydrogen-bond acceptors (Lipinski definition) is 8. The van der Waals surface area contributed by atoms with Crippen LogP contribution in [0.15, 0.2) is 18.2 Å². The van der Waals surface area contributed by atoms with Crippen LogP contribution in [0, 0.1) is 0 Å². The highest BCUT2D eigenvalue weighted by Gasteiger charge is 2.13. The molecule has 0 aliphatic rings. The van der Waals surface area contributed by atoms with E-state index in [2.05, 4.69) is 15.0 Å². The summed E-state index contributed by atoms with van der Waals surface area (Å²) < 4.78 is 15.1. The third-order valence-corrected chi connectivity index (χ3v) is 2.30. The van der Waals surface area contributed by atoms with E-state index in [9.17, 15) is 9.90 Å². The van der Waals surface area contributed by atoms with Crippen LogP contribution in [-0.2, 0) is 0 Å². The molecule has 8 nitrogen and oxygen atoms in total. The quantitative estimate of drug-likeness (QED) is 0.813. The van der Waals surface area contributed by atoms with Crippen LogP contribution in [0.5, 0.6) is 29.5 Å². The van der Waals surface area contributed by atoms with Crippen molar-refractivity contribution in [2.24, 2.45) is 0 Å². The number of hydrogen-bond donors (Lipinski definition) is 1. The number of phenols is 1. The summed E-state index contributed by atoms with van der Waals surface area (Å²) >= 11 is 0. The summed E-state index contributed by atoms with van der Waals surface area (Å²) in [6, 6.07) is 4.26. The third kappa shape index (κ3) is 2.74. The number of benzene rings is 1. The maximum absolute atomic E-state index is 10.9. The Morgan fingerprint density at radius 1 is 1.05 bits per heavy atom. The molecule has 2 aromatic rings. The highest BCUT2D eigenvalue weighted by Crippen LogP contribution is 2.29. The van der Waals surface area contributed by atoms with Crippen molar-refractivity contribution in [3.63, 3.8) is 0 Å². The summed E-state index contributed by atoms with van der Waals surface area (Å²) in [5, 5.41) is 9.56. The molecule has 20 heavy (non-hydrogen) atoms. The zero-order valence-electron chi connectivity index (χ0n) is 10.7. The van der Waals surface area contributed by atoms with Crippen molar-refractivity contribution in [1.82, 2.24) is 15.0 Å². The zero-order chi connectivity index (χ0) is 14.5. The van der Waals surface area contributed by atoms with Crippen molar-refractivity contribution in [3.05, 3.63) is 23.8 Å². The van der Waals surface area contributed by atoms with E-state index in [1.54, 1.807) is 0 Å². The molecule has 1 aromatic carbocycles. The molecule has 0 aliphatic heterocycles. The first-order valence-corrected chi connectivity index (χ1v) is 5.47. The van der Waals surface area contributed by atoms with Crippen molar-refractivity contribution in [1.29, 1.82) is 0 Å². The Bertz CT molecular complexity index is 610. The number of nitrogens with zero attached hydrogens (tertiary/aromatic N) is 3. The van der Waals surface area contributed by atoms with Crippen molar-refractivity contribution in [3.8, 4) is 29.5 Å². The van der Waals surface area contributed by atoms with Gasteiger partial charge in [-0.25, -0.2) is 0 Å². The van der Waals surface area contributed by atoms with Gasteiger partial charge in [-0.15, -0.1) is 15.0 Å². The van der Waals surface area contributed by atoms with Gasteiger partial charge in [-0.2, -0.15) is 0 Å². The number of ether oxygens (including phenoxy) is 3. The Morgan fingerprint density at radius 3 is 2.20 bits per heavy atom. The van der Waals surface area contributed by atoms with Crippen LogP contribution in [0.2, 0.25) is 0 Å². The normalized spacial score (nSPS) is 9.90. The maximum Gasteiger partial charge on any atom is 0.331 e. The van der Waals surface area contributed by atoms with Gasteiger partial charge in [0.1, 0.15) is 11.5 Å². The topological polar surface area (TPSA) is 104 Å². The van der Waals surface area contributed by atoms with Crippen LogP contribution in [0.25, 0.3) is 0 Å². The number of carbonyl (C=O) groups excluding carboxylic acids is 1. The molecule has 1 N–H and O–H groups in total. The summed E-state index contributed by atoms with van der Waals surface area (Å²) in [6.45, 7) is 0. The second-order valence-electron chi connectivity index (χ2n) is 3.50. The molecule has 0 amide bonds. The van der Waals surface area contributed by atoms with Gasteiger partial charge in [-0.05, 0) is 12.1 Å². The van der Waals surface area contributed by atoms with Crippen LogP contribution in [0.4, 0.5) is 0 Å². The van der Waals surface area contributed by atoms with E-state index >= 15 is 0 Å². The molecular formula is C12H11N3O5. The third-order valence-electron chi connectivity index (χ3n) is 2.30. The van der Waals surface area contributed by atoms with Gasteiger partial charge in [0.2, 0.25) is 0 Å². The highest BCUT2D eigenvalue weighted by molar-refractivity contribution is 5.83. The number of methoxy groups -OCH3 is 2. The van der Waals surface area contributed by atoms with Crippen molar-refractivity contribution < 1.29 is 24.1 Å². The molecule has 104 valence electrons. The number of carbonyl (C=O) groups is 1. The number of aromatic nitrogens is 3. The van der Waals surface area contributed by atoms with Crippen LogP contribution in [0.3, 0.4) is 0 Å². The molecule has 8 heteroatoms. The van der Waals surface area contributed by atoms with Crippen LogP contribution in [-0.4, -0.2) is 40.6 Å². The fourth-order valence-corrected chi connectivity index (χ4v) is 1.39. The molecule has 0 bridgehead atoms. The summed E-state index contributed by atoms with van der Waals surface area (Å²) in [5.41, 5.74) is -0.00848. The standard InChI is InChI=1S/C12H11N3O5/c1-18-10-13-11(19-2)15-12(14-10)20-9-5-3-4-8(17)7(9)6-16/h3-6,17H,1-2H3. The Balaban J connectivity index is 2.39. The van der Waals surface area contributed by atoms with Gasteiger partial charge in [0.05, 0.1) is 19.8 Å². The van der Waals surface area contributed by atoms with Gasteiger partial charge >= 0.3 is 18.0 Å². The molecule has 0 unspecified atom stereocenters. The van der Waals surface area contributed by atoms with Gasteiger partial charge in [-0.3, -0.25) is 4.79 Å². The molecule has 0 fully saturated rings. The van der Waals surface area contributed by atoms with Gasteiger partial charge in [0, 0.05) is 0 Å². The number of phenolic OH excluding ortho intramolecular Hbond substituents is 1. The minimum absolute atomic E-state index is 0.000318. The number of rotatable bonds is 5. The van der Waals surface area contributed by atoms with Crippen LogP contribution >= 0.6 is 0 Å². The zero-order valence-corrected chi connectivity index (χ0v) is 10.7. The van der Waals surface area contributed by atoms with E-state index < -0.39 is 0 Å². The predicted molar refractivity (Wildman–Crippen MR) is 66.5 cm³/mol. The molecule has 1 heterocycles. The Labute approximate surface area is 114 Å². The summed E-state index contributed by atoms with van der Waals surface area (Å²) in [5.74, 6) is -0.0965. The average Bonchev–Trinajstić information content (AvgIpc) is 2.47. The van der Waals surface area contributed by atoms with E-state index in [1.807, 2.05) is 0 Å². The van der Waals surface area contributed by atoms with Gasteiger partial charge in [0.25, 0.3) is 0 Å². The molecule has 1 aromatic heterocycles.